The molecule has 0 radical (unpaired) electrons. The number of piperazine rings is 1. The smallest absolute Gasteiger partial charge is 0.387 e. The summed E-state index contributed by atoms with van der Waals surface area (Å²) in [7, 11) is -1.93. The monoisotopic (exact) mass is 461 g/mol. The molecule has 1 fully saturated rings. The van der Waals surface area contributed by atoms with Gasteiger partial charge >= 0.3 is 6.61 Å². The van der Waals surface area contributed by atoms with Gasteiger partial charge in [-0.3, -0.25) is 4.72 Å². The second-order valence-corrected chi connectivity index (χ2v) is 8.90. The number of benzene rings is 2. The summed E-state index contributed by atoms with van der Waals surface area (Å²) in [4.78, 5) is 4.45. The van der Waals surface area contributed by atoms with E-state index in [1.54, 1.807) is 25.1 Å². The van der Waals surface area contributed by atoms with Crippen LogP contribution < -0.4 is 14.4 Å². The molecule has 2 aromatic carbocycles. The number of nitrogens with one attached hydrogen (secondary N) is 1. The molecule has 0 atom stereocenters. The Morgan fingerprint density at radius 3 is 2.33 bits per heavy atom. The summed E-state index contributed by atoms with van der Waals surface area (Å²) < 4.78 is 58.2. The normalized spacial score (nSPS) is 15.1. The number of ether oxygens (including phenoxy) is 1. The third kappa shape index (κ3) is 5.74. The molecule has 30 heavy (non-hydrogen) atoms. The molecule has 0 aromatic heterocycles. The van der Waals surface area contributed by atoms with Crippen LogP contribution in [0.3, 0.4) is 0 Å². The van der Waals surface area contributed by atoms with Crippen LogP contribution >= 0.6 is 12.4 Å². The topological polar surface area (TPSA) is 61.9 Å². The molecule has 1 aliphatic rings. The number of sulfonamides is 1. The molecule has 0 unspecified atom stereocenters. The molecule has 2 aromatic rings. The van der Waals surface area contributed by atoms with Gasteiger partial charge in [0, 0.05) is 31.9 Å². The maximum atomic E-state index is 12.9. The van der Waals surface area contributed by atoms with Crippen LogP contribution in [0.15, 0.2) is 41.3 Å². The molecule has 0 aliphatic carbocycles. The molecule has 1 N–H and O–H groups in total. The Kier molecular flexibility index (Phi) is 7.90. The first kappa shape index (κ1) is 24.2. The van der Waals surface area contributed by atoms with E-state index in [0.717, 1.165) is 37.4 Å². The van der Waals surface area contributed by atoms with Gasteiger partial charge in [0.1, 0.15) is 5.75 Å². The first-order valence-electron chi connectivity index (χ1n) is 9.28. The lowest BCUT2D eigenvalue weighted by Crippen LogP contribution is -2.44. The number of likely N-dealkylation sites (N-methyl/N-ethyl adjacent to an activating group) is 1. The van der Waals surface area contributed by atoms with Crippen LogP contribution in [0.5, 0.6) is 5.75 Å². The quantitative estimate of drug-likeness (QED) is 0.707. The molecule has 0 spiro atoms. The van der Waals surface area contributed by atoms with Crippen LogP contribution in [0.1, 0.15) is 11.1 Å². The highest BCUT2D eigenvalue weighted by atomic mass is 35.5. The van der Waals surface area contributed by atoms with Crippen molar-refractivity contribution in [1.82, 2.24) is 4.90 Å². The van der Waals surface area contributed by atoms with Crippen molar-refractivity contribution in [2.45, 2.75) is 25.4 Å². The Hall–Kier alpha value is -2.10. The number of rotatable bonds is 6. The van der Waals surface area contributed by atoms with Gasteiger partial charge in [-0.1, -0.05) is 12.1 Å². The van der Waals surface area contributed by atoms with Gasteiger partial charge < -0.3 is 14.5 Å². The molecule has 166 valence electrons. The molecule has 0 amide bonds. The number of hydrogen-bond donors (Lipinski definition) is 1. The largest absolute Gasteiger partial charge is 0.433 e. The molecule has 10 heteroatoms. The number of halogens is 3. The minimum Gasteiger partial charge on any atom is -0.433 e. The van der Waals surface area contributed by atoms with Gasteiger partial charge in [-0.25, -0.2) is 8.42 Å². The molecule has 6 nitrogen and oxygen atoms in total. The van der Waals surface area contributed by atoms with Crippen molar-refractivity contribution in [3.05, 3.63) is 47.5 Å². The van der Waals surface area contributed by atoms with E-state index in [9.17, 15) is 17.2 Å². The number of anilines is 2. The van der Waals surface area contributed by atoms with Crippen LogP contribution in [0.25, 0.3) is 0 Å². The van der Waals surface area contributed by atoms with E-state index < -0.39 is 16.6 Å². The molecular weight excluding hydrogens is 436 g/mol. The second kappa shape index (κ2) is 9.80. The average Bonchev–Trinajstić information content (AvgIpc) is 2.64. The predicted octanol–water partition coefficient (Wildman–Crippen LogP) is 3.88. The number of nitrogens with zero attached hydrogens (tertiary/aromatic N) is 2. The van der Waals surface area contributed by atoms with Crippen molar-refractivity contribution in [2.75, 3.05) is 42.8 Å². The highest BCUT2D eigenvalue weighted by Crippen LogP contribution is 2.31. The standard InChI is InChI=1S/C20H25F2N3O3S.ClH/c1-14-4-7-17(19(12-14)28-20(21)22)23-29(26,27)16-6-5-15(2)18(13-16)25-10-8-24(3)9-11-25;/h4-7,12-13,20,23H,8-11H2,1-3H3;1H. The van der Waals surface area contributed by atoms with Crippen LogP contribution in [-0.2, 0) is 10.0 Å². The van der Waals surface area contributed by atoms with Crippen LogP contribution in [-0.4, -0.2) is 53.2 Å². The fourth-order valence-corrected chi connectivity index (χ4v) is 4.35. The van der Waals surface area contributed by atoms with E-state index in [-0.39, 0.29) is 28.7 Å². The first-order chi connectivity index (χ1) is 13.7. The molecule has 1 saturated heterocycles. The van der Waals surface area contributed by atoms with Crippen molar-refractivity contribution < 1.29 is 21.9 Å². The number of alkyl halides is 2. The van der Waals surface area contributed by atoms with Crippen molar-refractivity contribution >= 4 is 33.8 Å². The van der Waals surface area contributed by atoms with Gasteiger partial charge in [0.2, 0.25) is 0 Å². The summed E-state index contributed by atoms with van der Waals surface area (Å²) in [6.07, 6.45) is 0. The van der Waals surface area contributed by atoms with Gasteiger partial charge in [0.15, 0.2) is 0 Å². The van der Waals surface area contributed by atoms with Gasteiger partial charge in [-0.2, -0.15) is 8.78 Å². The van der Waals surface area contributed by atoms with E-state index in [4.69, 9.17) is 0 Å². The second-order valence-electron chi connectivity index (χ2n) is 7.22. The number of aryl methyl sites for hydroxylation is 2. The Labute approximate surface area is 182 Å². The fraction of sp³-hybridized carbons (Fsp3) is 0.400. The molecule has 0 saturated carbocycles. The van der Waals surface area contributed by atoms with Gasteiger partial charge in [0.25, 0.3) is 10.0 Å². The van der Waals surface area contributed by atoms with E-state index in [2.05, 4.69) is 26.3 Å². The summed E-state index contributed by atoms with van der Waals surface area (Å²) in [6.45, 7) is 3.99. The maximum Gasteiger partial charge on any atom is 0.387 e. The van der Waals surface area contributed by atoms with Crippen molar-refractivity contribution in [1.29, 1.82) is 0 Å². The summed E-state index contributed by atoms with van der Waals surface area (Å²) in [5, 5.41) is 0. The highest BCUT2D eigenvalue weighted by molar-refractivity contribution is 7.92. The maximum absolute atomic E-state index is 12.9. The lowest BCUT2D eigenvalue weighted by Gasteiger charge is -2.35. The molecule has 1 heterocycles. The Balaban J connectivity index is 0.00000320. The lowest BCUT2D eigenvalue weighted by molar-refractivity contribution is -0.0493. The van der Waals surface area contributed by atoms with Crippen LogP contribution in [0, 0.1) is 13.8 Å². The van der Waals surface area contributed by atoms with Gasteiger partial charge in [0.05, 0.1) is 10.6 Å². The van der Waals surface area contributed by atoms with Crippen molar-refractivity contribution in [2.24, 2.45) is 0 Å². The molecule has 3 rings (SSSR count). The van der Waals surface area contributed by atoms with Crippen LogP contribution in [0.4, 0.5) is 20.2 Å². The average molecular weight is 462 g/mol. The predicted molar refractivity (Wildman–Crippen MR) is 117 cm³/mol. The lowest BCUT2D eigenvalue weighted by atomic mass is 10.1. The minimum atomic E-state index is -3.99. The SMILES string of the molecule is Cc1ccc(NS(=O)(=O)c2ccc(C)c(N3CCN(C)CC3)c2)c(OC(F)F)c1.Cl. The zero-order valence-electron chi connectivity index (χ0n) is 17.1. The third-order valence-corrected chi connectivity index (χ3v) is 6.30. The first-order valence-corrected chi connectivity index (χ1v) is 10.8. The zero-order chi connectivity index (χ0) is 21.2. The van der Waals surface area contributed by atoms with Gasteiger partial charge in [-0.05, 0) is 56.3 Å². The Morgan fingerprint density at radius 1 is 1.03 bits per heavy atom. The van der Waals surface area contributed by atoms with Crippen LogP contribution in [0.2, 0.25) is 0 Å². The summed E-state index contributed by atoms with van der Waals surface area (Å²) in [5.41, 5.74) is 2.48. The minimum absolute atomic E-state index is 0. The summed E-state index contributed by atoms with van der Waals surface area (Å²) in [5.74, 6) is -0.213. The van der Waals surface area contributed by atoms with Crippen molar-refractivity contribution in [3.63, 3.8) is 0 Å². The summed E-state index contributed by atoms with van der Waals surface area (Å²) in [6, 6.07) is 9.31. The van der Waals surface area contributed by atoms with Gasteiger partial charge in [-0.15, -0.1) is 12.4 Å². The molecule has 1 aliphatic heterocycles. The van der Waals surface area contributed by atoms with Crippen molar-refractivity contribution in [3.8, 4) is 5.75 Å². The summed E-state index contributed by atoms with van der Waals surface area (Å²) >= 11 is 0. The Morgan fingerprint density at radius 2 is 1.70 bits per heavy atom. The van der Waals surface area contributed by atoms with E-state index in [1.165, 1.54) is 18.2 Å². The van der Waals surface area contributed by atoms with E-state index in [0.29, 0.717) is 5.56 Å². The zero-order valence-corrected chi connectivity index (χ0v) is 18.7. The third-order valence-electron chi connectivity index (χ3n) is 4.93. The Bertz CT molecular complexity index is 981. The molecule has 0 bridgehead atoms. The highest BCUT2D eigenvalue weighted by Gasteiger charge is 2.22. The molecular formula is C20H26ClF2N3O3S. The van der Waals surface area contributed by atoms with E-state index >= 15 is 0 Å². The fourth-order valence-electron chi connectivity index (χ4n) is 3.26. The van der Waals surface area contributed by atoms with E-state index in [1.807, 2.05) is 6.92 Å². The number of hydrogen-bond acceptors (Lipinski definition) is 5.